The molecule has 3 N–H and O–H groups in total. The highest BCUT2D eigenvalue weighted by molar-refractivity contribution is 7.84. The number of nitrogens with zero attached hydrogens (tertiary/aromatic N) is 2. The molecule has 146 valence electrons. The number of nitrogens with two attached hydrogens (primary N) is 1. The lowest BCUT2D eigenvalue weighted by Gasteiger charge is -2.16. The van der Waals surface area contributed by atoms with E-state index >= 15 is 0 Å². The highest BCUT2D eigenvalue weighted by Crippen LogP contribution is 2.40. The van der Waals surface area contributed by atoms with Crippen LogP contribution in [-0.2, 0) is 10.3 Å². The van der Waals surface area contributed by atoms with Gasteiger partial charge in [-0.1, -0.05) is 0 Å². The van der Waals surface area contributed by atoms with Gasteiger partial charge in [-0.05, 0) is 24.3 Å². The Labute approximate surface area is 156 Å². The van der Waals surface area contributed by atoms with Crippen molar-refractivity contribution in [2.45, 2.75) is 6.92 Å². The molecule has 2 rings (SSSR count). The Morgan fingerprint density at radius 1 is 1.15 bits per heavy atom. The fourth-order valence-electron chi connectivity index (χ4n) is 2.45. The molecular weight excluding hydrogens is 378 g/mol. The van der Waals surface area contributed by atoms with E-state index in [2.05, 4.69) is 4.18 Å². The van der Waals surface area contributed by atoms with Crippen molar-refractivity contribution < 1.29 is 32.0 Å². The molecule has 0 spiro atoms. The Bertz CT molecular complexity index is 992. The van der Waals surface area contributed by atoms with Crippen LogP contribution in [0.5, 0.6) is 17.2 Å². The maximum Gasteiger partial charge on any atom is 0.380 e. The second kappa shape index (κ2) is 7.29. The molecule has 0 saturated carbocycles. The zero-order valence-corrected chi connectivity index (χ0v) is 15.9. The molecule has 10 nitrogen and oxygen atoms in total. The average molecular weight is 397 g/mol. The minimum Gasteiger partial charge on any atom is -0.503 e. The summed E-state index contributed by atoms with van der Waals surface area (Å²) in [6.07, 6.45) is 0. The molecule has 0 aliphatic heterocycles. The Morgan fingerprint density at radius 2 is 1.70 bits per heavy atom. The summed E-state index contributed by atoms with van der Waals surface area (Å²) in [5, 5.41) is 15.3. The number of hydrogen-bond donors (Lipinski definition) is 2. The molecule has 1 amide bonds. The summed E-state index contributed by atoms with van der Waals surface area (Å²) in [5.74, 6) is -2.36. The number of benzene rings is 1. The smallest absolute Gasteiger partial charge is 0.380 e. The molecule has 0 saturated heterocycles. The largest absolute Gasteiger partial charge is 0.503 e. The quantitative estimate of drug-likeness (QED) is 0.683. The number of aromatic nitrogens is 1. The first kappa shape index (κ1) is 20.3. The molecule has 0 radical (unpaired) electrons. The van der Waals surface area contributed by atoms with Crippen LogP contribution in [0.2, 0.25) is 0 Å². The topological polar surface area (TPSA) is 141 Å². The third-order valence-electron chi connectivity index (χ3n) is 3.57. The predicted octanol–water partition coefficient (Wildman–Crippen LogP) is 0.678. The van der Waals surface area contributed by atoms with Crippen LogP contribution in [0.25, 0.3) is 5.69 Å². The number of ketones is 1. The first-order valence-corrected chi connectivity index (χ1v) is 9.02. The molecule has 2 aromatic rings. The van der Waals surface area contributed by atoms with Crippen molar-refractivity contribution in [3.8, 4) is 22.9 Å². The van der Waals surface area contributed by atoms with Gasteiger partial charge < -0.3 is 18.9 Å². The molecule has 1 aromatic heterocycles. The summed E-state index contributed by atoms with van der Waals surface area (Å²) in [7, 11) is -0.279. The maximum absolute atomic E-state index is 12.7. The van der Waals surface area contributed by atoms with Crippen LogP contribution >= 0.6 is 0 Å². The molecule has 0 aliphatic rings. The van der Waals surface area contributed by atoms with Crippen LogP contribution in [-0.4, -0.2) is 55.9 Å². The third kappa shape index (κ3) is 4.04. The zero-order valence-electron chi connectivity index (χ0n) is 15.1. The lowest BCUT2D eigenvalue weighted by Crippen LogP contribution is -2.27. The van der Waals surface area contributed by atoms with Gasteiger partial charge in [0.25, 0.3) is 5.91 Å². The predicted molar refractivity (Wildman–Crippen MR) is 95.7 cm³/mol. The Balaban J connectivity index is 2.91. The van der Waals surface area contributed by atoms with Gasteiger partial charge in [0.1, 0.15) is 11.4 Å². The third-order valence-corrected chi connectivity index (χ3v) is 3.97. The molecule has 0 fully saturated rings. The number of Topliss-reactive ketones (excluding diaryl/α,β-unsaturated/α-hetero) is 1. The van der Waals surface area contributed by atoms with E-state index in [4.69, 9.17) is 9.88 Å². The normalized spacial score (nSPS) is 11.1. The van der Waals surface area contributed by atoms with Gasteiger partial charge in [0.05, 0.1) is 7.11 Å². The fourth-order valence-corrected chi connectivity index (χ4v) is 2.84. The second-order valence-electron chi connectivity index (χ2n) is 5.74. The summed E-state index contributed by atoms with van der Waals surface area (Å²) in [6.45, 7) is 1.15. The van der Waals surface area contributed by atoms with Gasteiger partial charge in [0, 0.05) is 26.7 Å². The van der Waals surface area contributed by atoms with Crippen molar-refractivity contribution >= 4 is 22.0 Å². The molecule has 0 atom stereocenters. The summed E-state index contributed by atoms with van der Waals surface area (Å²) < 4.78 is 33.6. The molecule has 0 bridgehead atoms. The van der Waals surface area contributed by atoms with Crippen LogP contribution in [0.4, 0.5) is 0 Å². The Hall–Kier alpha value is -3.05. The van der Waals surface area contributed by atoms with Gasteiger partial charge in [-0.3, -0.25) is 14.2 Å². The van der Waals surface area contributed by atoms with E-state index in [1.807, 2.05) is 0 Å². The SMILES string of the molecule is COc1ccc(-n2c(C(C)=O)c(O)c(OS(N)(=O)=O)c2C(=O)N(C)C)cc1. The van der Waals surface area contributed by atoms with Crippen LogP contribution in [0.1, 0.15) is 27.9 Å². The van der Waals surface area contributed by atoms with Gasteiger partial charge in [-0.25, -0.2) is 0 Å². The van der Waals surface area contributed by atoms with Gasteiger partial charge in [-0.15, -0.1) is 0 Å². The zero-order chi connectivity index (χ0) is 20.5. The molecule has 1 aromatic carbocycles. The van der Waals surface area contributed by atoms with Crippen molar-refractivity contribution in [1.82, 2.24) is 9.47 Å². The van der Waals surface area contributed by atoms with E-state index in [0.717, 1.165) is 16.4 Å². The van der Waals surface area contributed by atoms with Gasteiger partial charge in [-0.2, -0.15) is 13.6 Å². The van der Waals surface area contributed by atoms with Crippen molar-refractivity contribution in [2.24, 2.45) is 5.14 Å². The lowest BCUT2D eigenvalue weighted by molar-refractivity contribution is 0.0818. The summed E-state index contributed by atoms with van der Waals surface area (Å²) in [4.78, 5) is 26.0. The van der Waals surface area contributed by atoms with Crippen molar-refractivity contribution in [2.75, 3.05) is 21.2 Å². The molecule has 0 unspecified atom stereocenters. The van der Waals surface area contributed by atoms with Crippen LogP contribution in [0, 0.1) is 0 Å². The monoisotopic (exact) mass is 397 g/mol. The first-order valence-electron chi connectivity index (χ1n) is 7.54. The van der Waals surface area contributed by atoms with Gasteiger partial charge >= 0.3 is 10.3 Å². The number of ether oxygens (including phenoxy) is 1. The maximum atomic E-state index is 12.7. The highest BCUT2D eigenvalue weighted by atomic mass is 32.2. The fraction of sp³-hybridized carbons (Fsp3) is 0.250. The second-order valence-corrected chi connectivity index (χ2v) is 6.89. The summed E-state index contributed by atoms with van der Waals surface area (Å²) in [6, 6.07) is 6.19. The molecular formula is C16H19N3O7S. The van der Waals surface area contributed by atoms with Crippen LogP contribution in [0.15, 0.2) is 24.3 Å². The number of carbonyl (C=O) groups is 2. The van der Waals surface area contributed by atoms with Crippen molar-refractivity contribution in [1.29, 1.82) is 0 Å². The summed E-state index contributed by atoms with van der Waals surface area (Å²) >= 11 is 0. The van der Waals surface area contributed by atoms with Gasteiger partial charge in [0.15, 0.2) is 17.2 Å². The van der Waals surface area contributed by atoms with Crippen LogP contribution in [0.3, 0.4) is 0 Å². The van der Waals surface area contributed by atoms with E-state index in [1.54, 1.807) is 12.1 Å². The Morgan fingerprint density at radius 3 is 2.11 bits per heavy atom. The van der Waals surface area contributed by atoms with E-state index in [1.165, 1.54) is 33.3 Å². The van der Waals surface area contributed by atoms with Crippen molar-refractivity contribution in [3.05, 3.63) is 35.7 Å². The molecule has 27 heavy (non-hydrogen) atoms. The first-order chi connectivity index (χ1) is 12.5. The molecule has 0 aliphatic carbocycles. The Kier molecular flexibility index (Phi) is 5.47. The number of amides is 1. The van der Waals surface area contributed by atoms with E-state index in [0.29, 0.717) is 11.4 Å². The standard InChI is InChI=1S/C16H19N3O7S/c1-9(20)12-14(21)15(26-27(17,23)24)13(16(22)18(2)3)19(12)10-5-7-11(25-4)8-6-10/h5-8,21H,1-4H3,(H2,17,23,24). The lowest BCUT2D eigenvalue weighted by atomic mass is 10.2. The highest BCUT2D eigenvalue weighted by Gasteiger charge is 2.34. The van der Waals surface area contributed by atoms with E-state index in [9.17, 15) is 23.1 Å². The van der Waals surface area contributed by atoms with Gasteiger partial charge in [0.2, 0.25) is 5.75 Å². The van der Waals surface area contributed by atoms with E-state index < -0.39 is 33.5 Å². The number of aromatic hydroxyl groups is 1. The van der Waals surface area contributed by atoms with Crippen LogP contribution < -0.4 is 14.1 Å². The molecule has 1 heterocycles. The van der Waals surface area contributed by atoms with E-state index in [-0.39, 0.29) is 11.4 Å². The summed E-state index contributed by atoms with van der Waals surface area (Å²) in [5.41, 5.74) is -0.406. The number of methoxy groups -OCH3 is 1. The van der Waals surface area contributed by atoms with Crippen molar-refractivity contribution in [3.63, 3.8) is 0 Å². The number of carbonyl (C=O) groups excluding carboxylic acids is 2. The minimum absolute atomic E-state index is 0.297. The molecule has 11 heteroatoms. The average Bonchev–Trinajstić information content (AvgIpc) is 2.85. The minimum atomic E-state index is -4.58. The number of hydrogen-bond acceptors (Lipinski definition) is 7. The number of rotatable bonds is 6.